The molecular weight excluding hydrogens is 858 g/mol. The van der Waals surface area contributed by atoms with Gasteiger partial charge in [0.1, 0.15) is 6.61 Å². The van der Waals surface area contributed by atoms with Crippen molar-refractivity contribution in [1.82, 2.24) is 0 Å². The van der Waals surface area contributed by atoms with Crippen molar-refractivity contribution in [1.29, 1.82) is 0 Å². The second-order valence-electron chi connectivity index (χ2n) is 16.7. The predicted molar refractivity (Wildman–Crippen MR) is 284 cm³/mol. The number of unbranched alkanes of at least 4 members (excludes halogenated alkanes) is 14. The van der Waals surface area contributed by atoms with E-state index in [0.29, 0.717) is 6.42 Å². The molecule has 0 aliphatic heterocycles. The van der Waals surface area contributed by atoms with Crippen LogP contribution in [0.2, 0.25) is 0 Å². The van der Waals surface area contributed by atoms with Crippen molar-refractivity contribution < 1.29 is 37.6 Å². The second-order valence-corrected chi connectivity index (χ2v) is 18.1. The van der Waals surface area contributed by atoms with Gasteiger partial charge < -0.3 is 20.1 Å². The van der Waals surface area contributed by atoms with Gasteiger partial charge >= 0.3 is 19.8 Å². The highest BCUT2D eigenvalue weighted by Gasteiger charge is 2.26. The molecule has 0 heterocycles. The van der Waals surface area contributed by atoms with Gasteiger partial charge in [0, 0.05) is 19.4 Å². The summed E-state index contributed by atoms with van der Waals surface area (Å²) in [6.07, 6.45) is 71.2. The summed E-state index contributed by atoms with van der Waals surface area (Å²) in [4.78, 5) is 34.9. The summed E-state index contributed by atoms with van der Waals surface area (Å²) in [6, 6.07) is 0. The summed E-state index contributed by atoms with van der Waals surface area (Å²) < 4.78 is 32.8. The van der Waals surface area contributed by atoms with Crippen LogP contribution in [0.5, 0.6) is 0 Å². The monoisotopic (exact) mass is 952 g/mol. The first-order chi connectivity index (χ1) is 32.8. The largest absolute Gasteiger partial charge is 0.472 e. The Kier molecular flexibility index (Phi) is 49.0. The maximum absolute atomic E-state index is 12.6. The van der Waals surface area contributed by atoms with Gasteiger partial charge in [0.15, 0.2) is 6.10 Å². The number of nitrogens with two attached hydrogens (primary N) is 1. The zero-order valence-corrected chi connectivity index (χ0v) is 43.0. The molecule has 0 aromatic carbocycles. The number of hydrogen-bond acceptors (Lipinski definition) is 8. The van der Waals surface area contributed by atoms with Crippen LogP contribution < -0.4 is 5.73 Å². The summed E-state index contributed by atoms with van der Waals surface area (Å²) in [7, 11) is -4.39. The number of carbonyl (C=O) groups is 2. The van der Waals surface area contributed by atoms with E-state index in [1.165, 1.54) is 38.5 Å². The standard InChI is InChI=1S/C57H94NO8P/c1-3-5-7-9-11-13-14-15-16-17-18-19-20-21-22-23-24-25-26-27-28-29-30-31-32-33-34-35-36-37-38-39-40-42-44-46-48-50-57(60)66-55(54-65-67(61,62)64-52-51-58)53-63-56(59)49-47-45-43-41-12-10-8-6-4-2/h5,7,11,13,15-16,18-19,21-22,24-25,27-28,30-31,33-34,36-37,55H,3-4,6,8-10,12,14,17,20,23,26,29,32,35,38-54,58H2,1-2H3,(H,61,62)/b7-5-,13-11-,16-15-,19-18-,22-21-,25-24-,28-27-,31-30-,34-33-,37-36-. The van der Waals surface area contributed by atoms with Crippen LogP contribution in [0.1, 0.15) is 194 Å². The number of esters is 2. The maximum atomic E-state index is 12.6. The number of ether oxygens (including phenoxy) is 2. The van der Waals surface area contributed by atoms with Crippen LogP contribution in [-0.4, -0.2) is 49.3 Å². The number of allylic oxidation sites excluding steroid dienone is 20. The van der Waals surface area contributed by atoms with Crippen LogP contribution in [0.3, 0.4) is 0 Å². The lowest BCUT2D eigenvalue weighted by Crippen LogP contribution is -2.29. The maximum Gasteiger partial charge on any atom is 0.472 e. The summed E-state index contributed by atoms with van der Waals surface area (Å²) in [5.41, 5.74) is 5.35. The fourth-order valence-corrected chi connectivity index (χ4v) is 7.31. The Hall–Kier alpha value is -3.59. The molecule has 0 saturated heterocycles. The first kappa shape index (κ1) is 63.4. The summed E-state index contributed by atoms with van der Waals surface area (Å²) in [5, 5.41) is 0. The quantitative estimate of drug-likeness (QED) is 0.0265. The third-order valence-electron chi connectivity index (χ3n) is 10.4. The molecular formula is C57H94NO8P. The molecule has 0 aromatic heterocycles. The van der Waals surface area contributed by atoms with E-state index in [1.807, 2.05) is 0 Å². The van der Waals surface area contributed by atoms with Gasteiger partial charge in [-0.05, 0) is 89.9 Å². The molecule has 0 aliphatic rings. The molecule has 2 unspecified atom stereocenters. The molecule has 3 N–H and O–H groups in total. The third-order valence-corrected chi connectivity index (χ3v) is 11.3. The Morgan fingerprint density at radius 1 is 0.463 bits per heavy atom. The molecule has 9 nitrogen and oxygen atoms in total. The minimum absolute atomic E-state index is 0.0456. The van der Waals surface area contributed by atoms with Crippen LogP contribution in [0.15, 0.2) is 122 Å². The fourth-order valence-electron chi connectivity index (χ4n) is 6.54. The Balaban J connectivity index is 4.01. The van der Waals surface area contributed by atoms with Crippen molar-refractivity contribution in [3.63, 3.8) is 0 Å². The van der Waals surface area contributed by atoms with E-state index in [-0.39, 0.29) is 32.6 Å². The number of rotatable bonds is 47. The summed E-state index contributed by atoms with van der Waals surface area (Å²) >= 11 is 0. The van der Waals surface area contributed by atoms with Crippen molar-refractivity contribution in [2.75, 3.05) is 26.4 Å². The zero-order valence-electron chi connectivity index (χ0n) is 42.1. The average Bonchev–Trinajstić information content (AvgIpc) is 3.32. The van der Waals surface area contributed by atoms with E-state index in [4.69, 9.17) is 24.3 Å². The van der Waals surface area contributed by atoms with E-state index in [0.717, 1.165) is 122 Å². The fraction of sp³-hybridized carbons (Fsp3) is 0.614. The van der Waals surface area contributed by atoms with E-state index in [9.17, 15) is 19.0 Å². The van der Waals surface area contributed by atoms with Crippen molar-refractivity contribution in [3.8, 4) is 0 Å². The normalized spacial score (nSPS) is 14.1. The smallest absolute Gasteiger partial charge is 0.462 e. The lowest BCUT2D eigenvalue weighted by Gasteiger charge is -2.19. The van der Waals surface area contributed by atoms with Gasteiger partial charge in [-0.1, -0.05) is 212 Å². The third kappa shape index (κ3) is 51.6. The van der Waals surface area contributed by atoms with Crippen molar-refractivity contribution in [2.45, 2.75) is 200 Å². The summed E-state index contributed by atoms with van der Waals surface area (Å²) in [5.74, 6) is -0.857. The molecule has 0 saturated carbocycles. The number of carbonyl (C=O) groups excluding carboxylic acids is 2. The molecule has 380 valence electrons. The molecule has 10 heteroatoms. The molecule has 0 fully saturated rings. The molecule has 67 heavy (non-hydrogen) atoms. The Labute approximate surface area is 409 Å². The molecule has 0 spiro atoms. The van der Waals surface area contributed by atoms with Crippen LogP contribution >= 0.6 is 7.82 Å². The van der Waals surface area contributed by atoms with Gasteiger partial charge in [0.05, 0.1) is 13.2 Å². The number of hydrogen-bond donors (Lipinski definition) is 2. The first-order valence-electron chi connectivity index (χ1n) is 26.0. The minimum atomic E-state index is -4.39. The lowest BCUT2D eigenvalue weighted by atomic mass is 10.1. The molecule has 0 amide bonds. The highest BCUT2D eigenvalue weighted by molar-refractivity contribution is 7.47. The van der Waals surface area contributed by atoms with Crippen LogP contribution in [0.4, 0.5) is 0 Å². The van der Waals surface area contributed by atoms with Crippen LogP contribution in [-0.2, 0) is 32.7 Å². The lowest BCUT2D eigenvalue weighted by molar-refractivity contribution is -0.161. The van der Waals surface area contributed by atoms with Gasteiger partial charge in [-0.2, -0.15) is 0 Å². The van der Waals surface area contributed by atoms with Gasteiger partial charge in [-0.25, -0.2) is 4.57 Å². The molecule has 0 rings (SSSR count). The Bertz CT molecular complexity index is 1500. The molecule has 0 aliphatic carbocycles. The van der Waals surface area contributed by atoms with E-state index < -0.39 is 32.5 Å². The molecule has 0 bridgehead atoms. The van der Waals surface area contributed by atoms with E-state index in [1.54, 1.807) is 0 Å². The zero-order chi connectivity index (χ0) is 48.8. The van der Waals surface area contributed by atoms with E-state index >= 15 is 0 Å². The van der Waals surface area contributed by atoms with Crippen molar-refractivity contribution in [3.05, 3.63) is 122 Å². The molecule has 0 aromatic rings. The number of phosphoric ester groups is 1. The van der Waals surface area contributed by atoms with Gasteiger partial charge in [-0.3, -0.25) is 18.6 Å². The van der Waals surface area contributed by atoms with Crippen molar-refractivity contribution in [2.24, 2.45) is 5.73 Å². The summed E-state index contributed by atoms with van der Waals surface area (Å²) in [6.45, 7) is 3.56. The minimum Gasteiger partial charge on any atom is -0.462 e. The highest BCUT2D eigenvalue weighted by atomic mass is 31.2. The first-order valence-corrected chi connectivity index (χ1v) is 27.5. The topological polar surface area (TPSA) is 134 Å². The van der Waals surface area contributed by atoms with Crippen molar-refractivity contribution >= 4 is 19.8 Å². The van der Waals surface area contributed by atoms with Crippen LogP contribution in [0.25, 0.3) is 0 Å². The predicted octanol–water partition coefficient (Wildman–Crippen LogP) is 16.1. The van der Waals surface area contributed by atoms with Crippen LogP contribution in [0, 0.1) is 0 Å². The molecule has 2 atom stereocenters. The Morgan fingerprint density at radius 3 is 1.22 bits per heavy atom. The molecule has 0 radical (unpaired) electrons. The Morgan fingerprint density at radius 2 is 0.821 bits per heavy atom. The number of phosphoric acid groups is 1. The average molecular weight is 952 g/mol. The SMILES string of the molecule is CC/C=C\C/C=C\C/C=C\C/C=C\C/C=C\C/C=C\C/C=C\C/C=C\C/C=C\C/C=C\CCCCCCCCC(=O)OC(COC(=O)CCCCCCCCCCC)COP(=O)(O)OCCN. The van der Waals surface area contributed by atoms with Gasteiger partial charge in [0.25, 0.3) is 0 Å². The van der Waals surface area contributed by atoms with E-state index in [2.05, 4.69) is 135 Å². The second kappa shape index (κ2) is 51.8. The highest BCUT2D eigenvalue weighted by Crippen LogP contribution is 2.43. The van der Waals surface area contributed by atoms with Gasteiger partial charge in [-0.15, -0.1) is 0 Å². The van der Waals surface area contributed by atoms with Gasteiger partial charge in [0.2, 0.25) is 0 Å².